The fourth-order valence-corrected chi connectivity index (χ4v) is 3.86. The van der Waals surface area contributed by atoms with E-state index < -0.39 is 16.1 Å². The lowest BCUT2D eigenvalue weighted by Crippen LogP contribution is -2.07. The van der Waals surface area contributed by atoms with Gasteiger partial charge in [0, 0.05) is 0 Å². The summed E-state index contributed by atoms with van der Waals surface area (Å²) in [4.78, 5) is 11.0. The van der Waals surface area contributed by atoms with Crippen LogP contribution in [-0.2, 0) is 14.3 Å². The fraction of sp³-hybridized carbons (Fsp3) is 0.435. The number of ether oxygens (including phenoxy) is 1. The minimum absolute atomic E-state index is 0.202. The Kier molecular flexibility index (Phi) is 9.83. The molecule has 7 heteroatoms. The van der Waals surface area contributed by atoms with Crippen LogP contribution in [-0.4, -0.2) is 32.7 Å². The molecular formula is C23H30O6S. The predicted molar refractivity (Wildman–Crippen MR) is 116 cm³/mol. The smallest absolute Gasteiger partial charge is 0.335 e. The first kappa shape index (κ1) is 23.9. The van der Waals surface area contributed by atoms with E-state index in [-0.39, 0.29) is 17.1 Å². The van der Waals surface area contributed by atoms with E-state index in [0.717, 1.165) is 50.5 Å². The second kappa shape index (κ2) is 12.3. The van der Waals surface area contributed by atoms with E-state index >= 15 is 0 Å². The number of hydrogen-bond donors (Lipinski definition) is 1. The monoisotopic (exact) mass is 434 g/mol. The topological polar surface area (TPSA) is 89.9 Å². The first-order valence-electron chi connectivity index (χ1n) is 10.3. The van der Waals surface area contributed by atoms with Crippen molar-refractivity contribution in [3.8, 4) is 5.75 Å². The van der Waals surface area contributed by atoms with Crippen molar-refractivity contribution in [2.24, 2.45) is 0 Å². The third kappa shape index (κ3) is 8.55. The largest absolute Gasteiger partial charge is 0.494 e. The summed E-state index contributed by atoms with van der Waals surface area (Å²) in [6.07, 6.45) is 6.91. The molecule has 0 spiro atoms. The van der Waals surface area contributed by atoms with Gasteiger partial charge in [0.1, 0.15) is 5.75 Å². The summed E-state index contributed by atoms with van der Waals surface area (Å²) in [5.74, 6) is -0.262. The van der Waals surface area contributed by atoms with Gasteiger partial charge in [0.2, 0.25) is 0 Å². The van der Waals surface area contributed by atoms with Crippen LogP contribution >= 0.6 is 0 Å². The van der Waals surface area contributed by atoms with Gasteiger partial charge in [-0.2, -0.15) is 8.42 Å². The molecule has 2 aromatic rings. The Morgan fingerprint density at radius 2 is 1.33 bits per heavy atom. The molecule has 0 aliphatic heterocycles. The summed E-state index contributed by atoms with van der Waals surface area (Å²) in [6, 6.07) is 13.1. The molecule has 2 rings (SSSR count). The number of hydrogen-bond acceptors (Lipinski definition) is 5. The third-order valence-corrected chi connectivity index (χ3v) is 6.03. The van der Waals surface area contributed by atoms with E-state index in [1.807, 2.05) is 6.92 Å². The van der Waals surface area contributed by atoms with Crippen LogP contribution in [0.5, 0.6) is 5.75 Å². The Morgan fingerprint density at radius 3 is 1.90 bits per heavy atom. The standard InChI is InChI=1S/C23H30O6S/c1-19-9-15-22(16-10-19)30(26,27)29-18-8-6-4-2-3-5-7-17-28-21-13-11-20(12-14-21)23(24)25/h9-16H,2-8,17-18H2,1H3,(H,24,25). The molecule has 1 N–H and O–H groups in total. The predicted octanol–water partition coefficient (Wildman–Crippen LogP) is 5.21. The molecule has 0 aromatic heterocycles. The molecule has 30 heavy (non-hydrogen) atoms. The van der Waals surface area contributed by atoms with Gasteiger partial charge in [0.05, 0.1) is 23.7 Å². The quantitative estimate of drug-likeness (QED) is 0.324. The Labute approximate surface area is 179 Å². The van der Waals surface area contributed by atoms with Gasteiger partial charge in [-0.25, -0.2) is 4.79 Å². The van der Waals surface area contributed by atoms with E-state index in [4.69, 9.17) is 14.0 Å². The van der Waals surface area contributed by atoms with E-state index in [2.05, 4.69) is 0 Å². The first-order chi connectivity index (χ1) is 14.4. The van der Waals surface area contributed by atoms with Crippen LogP contribution in [0, 0.1) is 6.92 Å². The van der Waals surface area contributed by atoms with E-state index in [9.17, 15) is 13.2 Å². The van der Waals surface area contributed by atoms with Crippen LogP contribution in [0.25, 0.3) is 0 Å². The minimum Gasteiger partial charge on any atom is -0.494 e. The second-order valence-electron chi connectivity index (χ2n) is 7.24. The first-order valence-corrected chi connectivity index (χ1v) is 11.7. The second-order valence-corrected chi connectivity index (χ2v) is 8.86. The molecule has 0 radical (unpaired) electrons. The number of benzene rings is 2. The van der Waals surface area contributed by atoms with Gasteiger partial charge in [0.15, 0.2) is 0 Å². The molecule has 0 aliphatic carbocycles. The van der Waals surface area contributed by atoms with Gasteiger partial charge in [-0.05, 0) is 56.2 Å². The zero-order chi connectivity index (χ0) is 21.8. The number of aryl methyl sites for hydroxylation is 1. The number of carbonyl (C=O) groups is 1. The molecule has 0 atom stereocenters. The molecule has 0 heterocycles. The zero-order valence-corrected chi connectivity index (χ0v) is 18.2. The van der Waals surface area contributed by atoms with Gasteiger partial charge >= 0.3 is 5.97 Å². The molecule has 0 bridgehead atoms. The normalized spacial score (nSPS) is 11.4. The number of unbranched alkanes of at least 4 members (excludes halogenated alkanes) is 6. The Morgan fingerprint density at radius 1 is 0.800 bits per heavy atom. The maximum absolute atomic E-state index is 12.1. The highest BCUT2D eigenvalue weighted by molar-refractivity contribution is 7.86. The van der Waals surface area contributed by atoms with Crippen molar-refractivity contribution in [2.45, 2.75) is 56.8 Å². The molecule has 6 nitrogen and oxygen atoms in total. The lowest BCUT2D eigenvalue weighted by Gasteiger charge is -2.07. The maximum Gasteiger partial charge on any atom is 0.335 e. The molecule has 0 amide bonds. The highest BCUT2D eigenvalue weighted by atomic mass is 32.2. The molecule has 0 saturated carbocycles. The Hall–Kier alpha value is -2.38. The number of carboxylic acids is 1. The van der Waals surface area contributed by atoms with Gasteiger partial charge in [-0.3, -0.25) is 4.18 Å². The van der Waals surface area contributed by atoms with Crippen LogP contribution in [0.15, 0.2) is 53.4 Å². The van der Waals surface area contributed by atoms with Crippen molar-refractivity contribution in [1.82, 2.24) is 0 Å². The lowest BCUT2D eigenvalue weighted by molar-refractivity contribution is 0.0697. The minimum atomic E-state index is -3.66. The summed E-state index contributed by atoms with van der Waals surface area (Å²) in [5.41, 5.74) is 1.26. The summed E-state index contributed by atoms with van der Waals surface area (Å²) in [5, 5.41) is 8.86. The van der Waals surface area contributed by atoms with Crippen molar-refractivity contribution < 1.29 is 27.2 Å². The molecule has 0 aliphatic rings. The molecule has 0 fully saturated rings. The molecule has 2 aromatic carbocycles. The summed E-state index contributed by atoms with van der Waals surface area (Å²) in [7, 11) is -3.66. The van der Waals surface area contributed by atoms with E-state index in [1.54, 1.807) is 36.4 Å². The molecular weight excluding hydrogens is 404 g/mol. The van der Waals surface area contributed by atoms with Gasteiger partial charge in [0.25, 0.3) is 10.1 Å². The van der Waals surface area contributed by atoms with Gasteiger partial charge in [-0.15, -0.1) is 0 Å². The van der Waals surface area contributed by atoms with Crippen molar-refractivity contribution in [1.29, 1.82) is 0 Å². The van der Waals surface area contributed by atoms with Gasteiger partial charge in [-0.1, -0.05) is 49.8 Å². The summed E-state index contributed by atoms with van der Waals surface area (Å²) < 4.78 is 34.8. The van der Waals surface area contributed by atoms with Crippen molar-refractivity contribution in [3.05, 3.63) is 59.7 Å². The highest BCUT2D eigenvalue weighted by Crippen LogP contribution is 2.15. The van der Waals surface area contributed by atoms with E-state index in [1.165, 1.54) is 12.1 Å². The fourth-order valence-electron chi connectivity index (χ4n) is 2.91. The summed E-state index contributed by atoms with van der Waals surface area (Å²) >= 11 is 0. The van der Waals surface area contributed by atoms with E-state index in [0.29, 0.717) is 12.4 Å². The van der Waals surface area contributed by atoms with Crippen LogP contribution in [0.1, 0.15) is 60.9 Å². The van der Waals surface area contributed by atoms with Gasteiger partial charge < -0.3 is 9.84 Å². The maximum atomic E-state index is 12.1. The van der Waals surface area contributed by atoms with Crippen LogP contribution in [0.4, 0.5) is 0 Å². The summed E-state index contributed by atoms with van der Waals surface area (Å²) in [6.45, 7) is 2.73. The number of carboxylic acid groups (broad SMARTS) is 1. The lowest BCUT2D eigenvalue weighted by atomic mass is 10.1. The number of rotatable bonds is 14. The Balaban J connectivity index is 1.46. The zero-order valence-electron chi connectivity index (χ0n) is 17.4. The van der Waals surface area contributed by atoms with Crippen LogP contribution < -0.4 is 4.74 Å². The van der Waals surface area contributed by atoms with Crippen molar-refractivity contribution in [2.75, 3.05) is 13.2 Å². The molecule has 164 valence electrons. The van der Waals surface area contributed by atoms with Crippen LogP contribution in [0.2, 0.25) is 0 Å². The average Bonchev–Trinajstić information content (AvgIpc) is 2.72. The van der Waals surface area contributed by atoms with Crippen molar-refractivity contribution in [3.63, 3.8) is 0 Å². The highest BCUT2D eigenvalue weighted by Gasteiger charge is 2.14. The van der Waals surface area contributed by atoms with Crippen molar-refractivity contribution >= 4 is 16.1 Å². The molecule has 0 unspecified atom stereocenters. The average molecular weight is 435 g/mol. The molecule has 0 saturated heterocycles. The third-order valence-electron chi connectivity index (χ3n) is 4.71. The Bertz CT molecular complexity index is 873. The van der Waals surface area contributed by atoms with Crippen LogP contribution in [0.3, 0.4) is 0 Å². The SMILES string of the molecule is Cc1ccc(S(=O)(=O)OCCCCCCCCCOc2ccc(C(=O)O)cc2)cc1. The number of aromatic carboxylic acids is 1.